The molecule has 0 saturated heterocycles. The van der Waals surface area contributed by atoms with Crippen LogP contribution in [-0.2, 0) is 13.2 Å². The van der Waals surface area contributed by atoms with Crippen LogP contribution in [0, 0.1) is 27.7 Å². The Morgan fingerprint density at radius 3 is 2.50 bits per heavy atom. The third-order valence-electron chi connectivity index (χ3n) is 3.67. The van der Waals surface area contributed by atoms with Gasteiger partial charge in [-0.25, -0.2) is 0 Å². The van der Waals surface area contributed by atoms with Crippen molar-refractivity contribution in [1.29, 1.82) is 0 Å². The molecule has 0 aliphatic carbocycles. The van der Waals surface area contributed by atoms with Crippen molar-refractivity contribution in [3.63, 3.8) is 0 Å². The topological polar surface area (TPSA) is 21.3 Å². The largest absolute Gasteiger partial charge is 0.488 e. The average Bonchev–Trinajstić information content (AvgIpc) is 2.75. The van der Waals surface area contributed by atoms with Crippen LogP contribution in [0.2, 0.25) is 0 Å². The molecule has 1 aromatic heterocycles. The van der Waals surface area contributed by atoms with Gasteiger partial charge in [-0.1, -0.05) is 12.1 Å². The van der Waals surface area contributed by atoms with Crippen molar-refractivity contribution >= 4 is 11.3 Å². The summed E-state index contributed by atoms with van der Waals surface area (Å²) in [6.07, 6.45) is 0. The maximum absolute atomic E-state index is 6.09. The lowest BCUT2D eigenvalue weighted by molar-refractivity contribution is 0.301. The van der Waals surface area contributed by atoms with Gasteiger partial charge in [0.25, 0.3) is 0 Å². The van der Waals surface area contributed by atoms with E-state index < -0.39 is 0 Å². The Bertz CT molecular complexity index is 601. The first-order valence-electron chi connectivity index (χ1n) is 6.95. The summed E-state index contributed by atoms with van der Waals surface area (Å²) in [7, 11) is 1.98. The van der Waals surface area contributed by atoms with Gasteiger partial charge in [0.05, 0.1) is 0 Å². The molecular weight excluding hydrogens is 266 g/mol. The van der Waals surface area contributed by atoms with Gasteiger partial charge >= 0.3 is 0 Å². The normalized spacial score (nSPS) is 10.8. The Balaban J connectivity index is 2.15. The van der Waals surface area contributed by atoms with Gasteiger partial charge in [-0.15, -0.1) is 11.3 Å². The fraction of sp³-hybridized carbons (Fsp3) is 0.412. The molecule has 108 valence electrons. The zero-order valence-electron chi connectivity index (χ0n) is 13.0. The molecule has 0 spiro atoms. The van der Waals surface area contributed by atoms with Crippen LogP contribution in [0.15, 0.2) is 18.2 Å². The minimum atomic E-state index is 0.650. The van der Waals surface area contributed by atoms with E-state index in [2.05, 4.69) is 51.2 Å². The van der Waals surface area contributed by atoms with Crippen LogP contribution < -0.4 is 10.1 Å². The molecule has 0 amide bonds. The predicted octanol–water partition coefficient (Wildman–Crippen LogP) is 4.28. The molecular formula is C17H23NOS. The number of nitrogens with one attached hydrogen (secondary N) is 1. The van der Waals surface area contributed by atoms with E-state index >= 15 is 0 Å². The minimum Gasteiger partial charge on any atom is -0.488 e. The van der Waals surface area contributed by atoms with E-state index in [1.54, 1.807) is 0 Å². The number of ether oxygens (including phenoxy) is 1. The molecule has 0 atom stereocenters. The summed E-state index contributed by atoms with van der Waals surface area (Å²) in [5, 5.41) is 3.19. The highest BCUT2D eigenvalue weighted by Crippen LogP contribution is 2.28. The highest BCUT2D eigenvalue weighted by molar-refractivity contribution is 7.12. The van der Waals surface area contributed by atoms with Crippen molar-refractivity contribution in [2.75, 3.05) is 7.05 Å². The molecule has 2 rings (SSSR count). The summed E-state index contributed by atoms with van der Waals surface area (Å²) in [5.41, 5.74) is 5.02. The van der Waals surface area contributed by atoms with E-state index in [1.807, 2.05) is 18.4 Å². The summed E-state index contributed by atoms with van der Waals surface area (Å²) in [5.74, 6) is 1.03. The van der Waals surface area contributed by atoms with Gasteiger partial charge in [0.2, 0.25) is 0 Å². The highest BCUT2D eigenvalue weighted by atomic mass is 32.1. The molecule has 0 saturated carbocycles. The lowest BCUT2D eigenvalue weighted by Crippen LogP contribution is -2.03. The fourth-order valence-corrected chi connectivity index (χ4v) is 3.35. The molecule has 3 heteroatoms. The van der Waals surface area contributed by atoms with Gasteiger partial charge in [-0.3, -0.25) is 0 Å². The molecule has 2 nitrogen and oxygen atoms in total. The molecule has 0 radical (unpaired) electrons. The second-order valence-corrected chi connectivity index (χ2v) is 6.61. The molecule has 1 N–H and O–H groups in total. The first-order valence-corrected chi connectivity index (χ1v) is 7.77. The van der Waals surface area contributed by atoms with E-state index in [0.29, 0.717) is 6.61 Å². The van der Waals surface area contributed by atoms with Crippen molar-refractivity contribution in [1.82, 2.24) is 5.32 Å². The highest BCUT2D eigenvalue weighted by Gasteiger charge is 2.09. The molecule has 20 heavy (non-hydrogen) atoms. The predicted molar refractivity (Wildman–Crippen MR) is 86.8 cm³/mol. The van der Waals surface area contributed by atoms with Crippen molar-refractivity contribution in [2.24, 2.45) is 0 Å². The van der Waals surface area contributed by atoms with Gasteiger partial charge in [0.1, 0.15) is 12.4 Å². The number of hydrogen-bond donors (Lipinski definition) is 1. The van der Waals surface area contributed by atoms with E-state index in [9.17, 15) is 0 Å². The molecule has 2 aromatic rings. The number of benzene rings is 1. The Morgan fingerprint density at radius 1 is 1.10 bits per heavy atom. The standard InChI is InChI=1S/C17H23NOS/c1-11-6-7-12(2)17(13(11)3)19-10-15-8-16(9-18-5)20-14(15)4/h6-8,18H,9-10H2,1-5H3. The SMILES string of the molecule is CNCc1cc(COc2c(C)ccc(C)c2C)c(C)s1. The lowest BCUT2D eigenvalue weighted by atomic mass is 10.1. The van der Waals surface area contributed by atoms with Gasteiger partial charge in [0, 0.05) is 21.9 Å². The fourth-order valence-electron chi connectivity index (χ4n) is 2.29. The number of thiophene rings is 1. The molecule has 0 aliphatic heterocycles. The van der Waals surface area contributed by atoms with Crippen LogP contribution in [0.5, 0.6) is 5.75 Å². The maximum atomic E-state index is 6.09. The number of aryl methyl sites for hydroxylation is 3. The maximum Gasteiger partial charge on any atom is 0.125 e. The van der Waals surface area contributed by atoms with Gasteiger partial charge in [-0.2, -0.15) is 0 Å². The number of hydrogen-bond acceptors (Lipinski definition) is 3. The van der Waals surface area contributed by atoms with Crippen LogP contribution >= 0.6 is 11.3 Å². The van der Waals surface area contributed by atoms with Crippen LogP contribution in [0.1, 0.15) is 32.0 Å². The van der Waals surface area contributed by atoms with Crippen LogP contribution in [-0.4, -0.2) is 7.05 Å². The van der Waals surface area contributed by atoms with Crippen molar-refractivity contribution in [3.8, 4) is 5.75 Å². The molecule has 0 bridgehead atoms. The first-order chi connectivity index (χ1) is 9.52. The van der Waals surface area contributed by atoms with Crippen LogP contribution in [0.25, 0.3) is 0 Å². The Labute approximate surface area is 125 Å². The van der Waals surface area contributed by atoms with E-state index in [-0.39, 0.29) is 0 Å². The van der Waals surface area contributed by atoms with Gasteiger partial charge in [0.15, 0.2) is 0 Å². The molecule has 0 unspecified atom stereocenters. The molecule has 1 aromatic carbocycles. The second kappa shape index (κ2) is 6.42. The zero-order valence-corrected chi connectivity index (χ0v) is 13.8. The minimum absolute atomic E-state index is 0.650. The second-order valence-electron chi connectivity index (χ2n) is 5.27. The van der Waals surface area contributed by atoms with E-state index in [0.717, 1.165) is 12.3 Å². The lowest BCUT2D eigenvalue weighted by Gasteiger charge is -2.13. The summed E-state index contributed by atoms with van der Waals surface area (Å²) >= 11 is 1.84. The molecule has 0 aliphatic rings. The Kier molecular flexibility index (Phi) is 4.84. The summed E-state index contributed by atoms with van der Waals surface area (Å²) in [4.78, 5) is 2.71. The van der Waals surface area contributed by atoms with Crippen LogP contribution in [0.3, 0.4) is 0 Å². The zero-order chi connectivity index (χ0) is 14.7. The summed E-state index contributed by atoms with van der Waals surface area (Å²) in [6.45, 7) is 10.1. The average molecular weight is 289 g/mol. The van der Waals surface area contributed by atoms with Crippen LogP contribution in [0.4, 0.5) is 0 Å². The molecule has 0 fully saturated rings. The Hall–Kier alpha value is -1.32. The molecule has 1 heterocycles. The van der Waals surface area contributed by atoms with Crippen molar-refractivity contribution in [3.05, 3.63) is 50.2 Å². The van der Waals surface area contributed by atoms with Gasteiger partial charge < -0.3 is 10.1 Å². The third kappa shape index (κ3) is 3.22. The van der Waals surface area contributed by atoms with E-state index in [1.165, 1.54) is 32.0 Å². The first kappa shape index (κ1) is 15.1. The monoisotopic (exact) mass is 289 g/mol. The van der Waals surface area contributed by atoms with Crippen molar-refractivity contribution in [2.45, 2.75) is 40.8 Å². The third-order valence-corrected chi connectivity index (χ3v) is 4.76. The van der Waals surface area contributed by atoms with E-state index in [4.69, 9.17) is 4.74 Å². The quantitative estimate of drug-likeness (QED) is 0.887. The Morgan fingerprint density at radius 2 is 1.80 bits per heavy atom. The van der Waals surface area contributed by atoms with Crippen molar-refractivity contribution < 1.29 is 4.74 Å². The summed E-state index contributed by atoms with van der Waals surface area (Å²) < 4.78 is 6.09. The van der Waals surface area contributed by atoms with Gasteiger partial charge in [-0.05, 0) is 57.5 Å². The smallest absolute Gasteiger partial charge is 0.125 e. The number of rotatable bonds is 5. The summed E-state index contributed by atoms with van der Waals surface area (Å²) in [6, 6.07) is 6.53.